The van der Waals surface area contributed by atoms with E-state index in [0.29, 0.717) is 0 Å². The number of hydrogen-bond acceptors (Lipinski definition) is 4. The number of benzene rings is 2. The second kappa shape index (κ2) is 5.93. The van der Waals surface area contributed by atoms with Gasteiger partial charge in [0.25, 0.3) is 0 Å². The second-order valence-corrected chi connectivity index (χ2v) is 6.70. The van der Waals surface area contributed by atoms with Gasteiger partial charge in [-0.15, -0.1) is 0 Å². The van der Waals surface area contributed by atoms with E-state index >= 15 is 0 Å². The molecule has 6 heteroatoms. The highest BCUT2D eigenvalue weighted by Gasteiger charge is 2.58. The maximum Gasteiger partial charge on any atom is 0.303 e. The average Bonchev–Trinajstić information content (AvgIpc) is 2.66. The van der Waals surface area contributed by atoms with Crippen LogP contribution in [-0.4, -0.2) is 22.2 Å². The summed E-state index contributed by atoms with van der Waals surface area (Å²) in [4.78, 5) is 34.1. The van der Waals surface area contributed by atoms with E-state index in [1.807, 2.05) is 48.5 Å². The summed E-state index contributed by atoms with van der Waals surface area (Å²) < 4.78 is 0. The van der Waals surface area contributed by atoms with E-state index in [-0.39, 0.29) is 25.7 Å². The largest absolute Gasteiger partial charge is 0.481 e. The molecule has 0 atom stereocenters. The molecule has 0 aromatic heterocycles. The van der Waals surface area contributed by atoms with Crippen LogP contribution in [0.4, 0.5) is 0 Å². The van der Waals surface area contributed by atoms with Crippen LogP contribution < -0.4 is 0 Å². The second-order valence-electron chi connectivity index (χ2n) is 6.70. The summed E-state index contributed by atoms with van der Waals surface area (Å²) >= 11 is 0. The van der Waals surface area contributed by atoms with Gasteiger partial charge in [-0.25, -0.2) is 9.78 Å². The zero-order valence-corrected chi connectivity index (χ0v) is 14.0. The molecule has 26 heavy (non-hydrogen) atoms. The van der Waals surface area contributed by atoms with Crippen LogP contribution in [0, 0.1) is 0 Å². The molecular formula is C20H18O6. The molecule has 134 valence electrons. The van der Waals surface area contributed by atoms with E-state index in [2.05, 4.69) is 0 Å². The summed E-state index contributed by atoms with van der Waals surface area (Å²) in [5.74, 6) is -1.82. The van der Waals surface area contributed by atoms with Crippen molar-refractivity contribution in [3.05, 3.63) is 70.8 Å². The maximum atomic E-state index is 11.2. The van der Waals surface area contributed by atoms with E-state index in [4.69, 9.17) is 9.78 Å². The molecule has 6 nitrogen and oxygen atoms in total. The first-order valence-corrected chi connectivity index (χ1v) is 8.50. The third kappa shape index (κ3) is 2.26. The fourth-order valence-electron chi connectivity index (χ4n) is 4.17. The summed E-state index contributed by atoms with van der Waals surface area (Å²) in [5, 5.41) is 18.4. The van der Waals surface area contributed by atoms with Crippen LogP contribution in [0.15, 0.2) is 48.5 Å². The van der Waals surface area contributed by atoms with Crippen molar-refractivity contribution in [1.82, 2.24) is 0 Å². The predicted molar refractivity (Wildman–Crippen MR) is 90.4 cm³/mol. The van der Waals surface area contributed by atoms with Crippen LogP contribution in [0.3, 0.4) is 0 Å². The molecule has 3 aliphatic rings. The third-order valence-electron chi connectivity index (χ3n) is 5.30. The highest BCUT2D eigenvalue weighted by molar-refractivity contribution is 5.69. The zero-order chi connectivity index (χ0) is 18.4. The molecule has 1 aliphatic carbocycles. The van der Waals surface area contributed by atoms with E-state index in [9.17, 15) is 19.8 Å². The minimum absolute atomic E-state index is 0.0752. The van der Waals surface area contributed by atoms with Gasteiger partial charge in [0.1, 0.15) is 0 Å². The summed E-state index contributed by atoms with van der Waals surface area (Å²) in [7, 11) is 0. The Balaban J connectivity index is 1.93. The van der Waals surface area contributed by atoms with Crippen molar-refractivity contribution in [3.63, 3.8) is 0 Å². The standard InChI is InChI=1S/C20H18O6/c21-17(22)9-11-19-13-5-1-2-6-14(13)20(26-25-19,12-10-18(23)24)16-8-4-3-7-15(16)19/h1-8H,9-12H2,(H,21,22)(H,23,24). The van der Waals surface area contributed by atoms with E-state index in [1.54, 1.807) is 0 Å². The lowest BCUT2D eigenvalue weighted by Gasteiger charge is -2.53. The molecule has 2 aliphatic heterocycles. The van der Waals surface area contributed by atoms with Crippen molar-refractivity contribution in [2.24, 2.45) is 0 Å². The van der Waals surface area contributed by atoms with Gasteiger partial charge in [-0.2, -0.15) is 0 Å². The van der Waals surface area contributed by atoms with Crippen molar-refractivity contribution in [2.45, 2.75) is 36.9 Å². The number of fused-ring (bicyclic) bond motifs is 1. The van der Waals surface area contributed by atoms with Crippen LogP contribution in [0.25, 0.3) is 0 Å². The monoisotopic (exact) mass is 354 g/mol. The lowest BCUT2D eigenvalue weighted by atomic mass is 9.64. The van der Waals surface area contributed by atoms with Gasteiger partial charge in [0.15, 0.2) is 11.2 Å². The molecule has 0 spiro atoms. The first kappa shape index (κ1) is 16.8. The highest BCUT2D eigenvalue weighted by atomic mass is 17.2. The number of carboxylic acid groups (broad SMARTS) is 2. The molecule has 2 heterocycles. The molecule has 0 amide bonds. The van der Waals surface area contributed by atoms with Gasteiger partial charge in [-0.3, -0.25) is 9.59 Å². The van der Waals surface area contributed by atoms with Gasteiger partial charge in [0.05, 0.1) is 0 Å². The van der Waals surface area contributed by atoms with Crippen LogP contribution >= 0.6 is 0 Å². The molecule has 0 fully saturated rings. The number of carboxylic acids is 2. The zero-order valence-electron chi connectivity index (χ0n) is 14.0. The van der Waals surface area contributed by atoms with E-state index < -0.39 is 23.1 Å². The molecule has 2 aromatic rings. The van der Waals surface area contributed by atoms with Crippen molar-refractivity contribution < 1.29 is 29.6 Å². The third-order valence-corrected chi connectivity index (χ3v) is 5.30. The fourth-order valence-corrected chi connectivity index (χ4v) is 4.17. The van der Waals surface area contributed by atoms with Crippen molar-refractivity contribution in [3.8, 4) is 0 Å². The van der Waals surface area contributed by atoms with Crippen LogP contribution in [0.1, 0.15) is 47.9 Å². The Kier molecular flexibility index (Phi) is 3.82. The first-order valence-electron chi connectivity index (χ1n) is 8.50. The fraction of sp³-hybridized carbons (Fsp3) is 0.300. The molecule has 0 radical (unpaired) electrons. The lowest BCUT2D eigenvalue weighted by Crippen LogP contribution is -2.52. The summed E-state index contributed by atoms with van der Waals surface area (Å²) in [6, 6.07) is 15.1. The lowest BCUT2D eigenvalue weighted by molar-refractivity contribution is -0.431. The van der Waals surface area contributed by atoms with Gasteiger partial charge >= 0.3 is 11.9 Å². The van der Waals surface area contributed by atoms with Gasteiger partial charge in [0.2, 0.25) is 0 Å². The van der Waals surface area contributed by atoms with Gasteiger partial charge in [-0.05, 0) is 35.1 Å². The molecule has 2 bridgehead atoms. The Labute approximate surface area is 149 Å². The molecular weight excluding hydrogens is 336 g/mol. The molecule has 5 rings (SSSR count). The van der Waals surface area contributed by atoms with Crippen molar-refractivity contribution >= 4 is 11.9 Å². The number of aliphatic carboxylic acids is 2. The average molecular weight is 354 g/mol. The summed E-state index contributed by atoms with van der Waals surface area (Å²) in [6.07, 6.45) is 0.305. The smallest absolute Gasteiger partial charge is 0.303 e. The Hall–Kier alpha value is -2.70. The van der Waals surface area contributed by atoms with Crippen LogP contribution in [0.2, 0.25) is 0 Å². The van der Waals surface area contributed by atoms with Gasteiger partial charge < -0.3 is 10.2 Å². The number of carbonyl (C=O) groups is 2. The topological polar surface area (TPSA) is 93.1 Å². The van der Waals surface area contributed by atoms with Crippen LogP contribution in [-0.2, 0) is 30.6 Å². The molecule has 0 saturated heterocycles. The molecule has 2 aromatic carbocycles. The Morgan fingerprint density at radius 3 is 1.27 bits per heavy atom. The Bertz CT molecular complexity index is 768. The summed E-state index contributed by atoms with van der Waals surface area (Å²) in [5.41, 5.74) is 1.37. The Morgan fingerprint density at radius 1 is 0.692 bits per heavy atom. The van der Waals surface area contributed by atoms with Gasteiger partial charge in [0, 0.05) is 12.8 Å². The number of hydrogen-bond donors (Lipinski definition) is 2. The molecule has 0 unspecified atom stereocenters. The normalized spacial score (nSPS) is 25.4. The van der Waals surface area contributed by atoms with Crippen molar-refractivity contribution in [2.75, 3.05) is 0 Å². The van der Waals surface area contributed by atoms with E-state index in [0.717, 1.165) is 22.3 Å². The van der Waals surface area contributed by atoms with E-state index in [1.165, 1.54) is 0 Å². The maximum absolute atomic E-state index is 11.2. The first-order chi connectivity index (χ1) is 12.5. The number of rotatable bonds is 6. The minimum atomic E-state index is -1.00. The summed E-state index contributed by atoms with van der Waals surface area (Å²) in [6.45, 7) is 0. The highest BCUT2D eigenvalue weighted by Crippen LogP contribution is 2.59. The SMILES string of the molecule is O=C(O)CCC12OOC(CCC(=O)O)(c3ccccc31)c1ccccc12. The predicted octanol–water partition coefficient (Wildman–Crippen LogP) is 3.18. The Morgan fingerprint density at radius 2 is 1.00 bits per heavy atom. The quantitative estimate of drug-likeness (QED) is 0.774. The molecule has 0 saturated carbocycles. The van der Waals surface area contributed by atoms with Crippen LogP contribution in [0.5, 0.6) is 0 Å². The van der Waals surface area contributed by atoms with Gasteiger partial charge in [-0.1, -0.05) is 48.5 Å². The van der Waals surface area contributed by atoms with Crippen molar-refractivity contribution in [1.29, 1.82) is 0 Å². The molecule has 2 N–H and O–H groups in total. The minimum Gasteiger partial charge on any atom is -0.481 e.